The van der Waals surface area contributed by atoms with E-state index in [4.69, 9.17) is 9.47 Å². The third kappa shape index (κ3) is 2.52. The quantitative estimate of drug-likeness (QED) is 0.743. The van der Waals surface area contributed by atoms with Crippen molar-refractivity contribution in [1.82, 2.24) is 0 Å². The maximum Gasteiger partial charge on any atom is 0.0985 e. The van der Waals surface area contributed by atoms with Gasteiger partial charge in [-0.25, -0.2) is 0 Å². The Kier molecular flexibility index (Phi) is 5.09. The Morgan fingerprint density at radius 2 is 1.42 bits per heavy atom. The highest BCUT2D eigenvalue weighted by Gasteiger charge is 2.58. The van der Waals surface area contributed by atoms with Gasteiger partial charge in [-0.1, -0.05) is 19.6 Å². The molecule has 2 fully saturated rings. The molecule has 2 nitrogen and oxygen atoms in total. The van der Waals surface area contributed by atoms with Crippen LogP contribution >= 0.6 is 0 Å². The predicted molar refractivity (Wildman–Crippen MR) is 87.2 cm³/mol. The van der Waals surface area contributed by atoms with Crippen LogP contribution in [0, 0.1) is 0 Å². The molecule has 0 aromatic heterocycles. The average Bonchev–Trinajstić information content (AvgIpc) is 2.47. The molecule has 2 saturated heterocycles. The van der Waals surface area contributed by atoms with Gasteiger partial charge in [0.15, 0.2) is 0 Å². The van der Waals surface area contributed by atoms with Gasteiger partial charge >= 0.3 is 0 Å². The second kappa shape index (κ2) is 6.25. The van der Waals surface area contributed by atoms with Crippen LogP contribution in [-0.4, -0.2) is 41.3 Å². The maximum atomic E-state index is 6.52. The summed E-state index contributed by atoms with van der Waals surface area (Å²) in [6, 6.07) is 0. The van der Waals surface area contributed by atoms with Gasteiger partial charge in [0.1, 0.15) is 0 Å². The summed E-state index contributed by atoms with van der Waals surface area (Å²) in [4.78, 5) is 0. The molecular formula is C15H30O2Si2. The normalized spacial score (nSPS) is 38.1. The topological polar surface area (TPSA) is 18.5 Å². The molecule has 3 atom stereocenters. The van der Waals surface area contributed by atoms with Crippen LogP contribution in [0.5, 0.6) is 0 Å². The molecule has 0 aliphatic carbocycles. The van der Waals surface area contributed by atoms with Crippen LogP contribution in [0.4, 0.5) is 0 Å². The Morgan fingerprint density at radius 3 is 1.79 bits per heavy atom. The van der Waals surface area contributed by atoms with Gasteiger partial charge in [0, 0.05) is 13.2 Å². The first-order valence-corrected chi connectivity index (χ1v) is 13.3. The number of hydrogen-bond donors (Lipinski definition) is 0. The fourth-order valence-corrected chi connectivity index (χ4v) is 10.8. The fourth-order valence-electron chi connectivity index (χ4n) is 4.18. The van der Waals surface area contributed by atoms with Crippen LogP contribution in [0.1, 0.15) is 38.5 Å². The molecule has 0 radical (unpaired) electrons. The van der Waals surface area contributed by atoms with Crippen molar-refractivity contribution < 1.29 is 9.47 Å². The van der Waals surface area contributed by atoms with Gasteiger partial charge in [0.25, 0.3) is 0 Å². The molecule has 4 heteroatoms. The summed E-state index contributed by atoms with van der Waals surface area (Å²) in [6.45, 7) is 13.3. The first kappa shape index (κ1) is 15.5. The van der Waals surface area contributed by atoms with Gasteiger partial charge in [-0.15, -0.1) is 12.3 Å². The van der Waals surface area contributed by atoms with Crippen molar-refractivity contribution in [3.63, 3.8) is 0 Å². The molecule has 0 aromatic carbocycles. The minimum Gasteiger partial charge on any atom is -0.376 e. The van der Waals surface area contributed by atoms with Crippen molar-refractivity contribution >= 4 is 17.6 Å². The van der Waals surface area contributed by atoms with Crippen molar-refractivity contribution in [1.29, 1.82) is 0 Å². The van der Waals surface area contributed by atoms with E-state index in [0.717, 1.165) is 13.2 Å². The molecule has 19 heavy (non-hydrogen) atoms. The summed E-state index contributed by atoms with van der Waals surface area (Å²) in [6.07, 6.45) is 7.49. The van der Waals surface area contributed by atoms with Crippen molar-refractivity contribution in [2.45, 2.75) is 68.6 Å². The van der Waals surface area contributed by atoms with Crippen molar-refractivity contribution in [2.24, 2.45) is 0 Å². The molecule has 0 spiro atoms. The van der Waals surface area contributed by atoms with Gasteiger partial charge in [0.05, 0.1) is 28.0 Å². The van der Waals surface area contributed by atoms with Gasteiger partial charge < -0.3 is 9.47 Å². The van der Waals surface area contributed by atoms with E-state index in [1.807, 2.05) is 0 Å². The summed E-state index contributed by atoms with van der Waals surface area (Å²) in [5, 5.41) is 0.110. The van der Waals surface area contributed by atoms with E-state index in [9.17, 15) is 0 Å². The Balaban J connectivity index is 2.40. The Hall–Kier alpha value is 0.0938. The van der Waals surface area contributed by atoms with Crippen LogP contribution in [0.3, 0.4) is 0 Å². The number of rotatable bonds is 4. The molecule has 2 heterocycles. The lowest BCUT2D eigenvalue weighted by molar-refractivity contribution is -0.164. The zero-order valence-electron chi connectivity index (χ0n) is 12.9. The molecule has 2 unspecified atom stereocenters. The van der Waals surface area contributed by atoms with Crippen molar-refractivity contribution in [3.05, 3.63) is 12.3 Å². The maximum absolute atomic E-state index is 6.52. The first-order chi connectivity index (χ1) is 9.09. The van der Waals surface area contributed by atoms with Gasteiger partial charge in [-0.3, -0.25) is 0 Å². The Labute approximate surface area is 121 Å². The molecule has 0 N–H and O–H groups in total. The average molecular weight is 299 g/mol. The first-order valence-electron chi connectivity index (χ1n) is 7.99. The third-order valence-corrected chi connectivity index (χ3v) is 11.6. The van der Waals surface area contributed by atoms with Crippen molar-refractivity contribution in [2.75, 3.05) is 13.2 Å². The summed E-state index contributed by atoms with van der Waals surface area (Å²) < 4.78 is 13.0. The van der Waals surface area contributed by atoms with Crippen LogP contribution in [0.15, 0.2) is 12.3 Å². The van der Waals surface area contributed by atoms with E-state index >= 15 is 0 Å². The summed E-state index contributed by atoms with van der Waals surface area (Å²) in [5.41, 5.74) is 2.22. The predicted octanol–water partition coefficient (Wildman–Crippen LogP) is 3.01. The van der Waals surface area contributed by atoms with Gasteiger partial charge in [-0.2, -0.15) is 0 Å². The lowest BCUT2D eigenvalue weighted by atomic mass is 9.96. The second-order valence-corrected chi connectivity index (χ2v) is 12.8. The number of ether oxygens (including phenoxy) is 2. The highest BCUT2D eigenvalue weighted by Crippen LogP contribution is 2.46. The van der Waals surface area contributed by atoms with Crippen LogP contribution < -0.4 is 0 Å². The highest BCUT2D eigenvalue weighted by molar-refractivity contribution is 6.70. The zero-order valence-corrected chi connectivity index (χ0v) is 15.2. The lowest BCUT2D eigenvalue weighted by Gasteiger charge is -2.57. The monoisotopic (exact) mass is 298 g/mol. The third-order valence-electron chi connectivity index (χ3n) is 5.34. The van der Waals surface area contributed by atoms with Gasteiger partial charge in [0.2, 0.25) is 0 Å². The molecule has 0 bridgehead atoms. The van der Waals surface area contributed by atoms with E-state index in [1.165, 1.54) is 38.5 Å². The van der Waals surface area contributed by atoms with Crippen LogP contribution in [0.2, 0.25) is 19.6 Å². The summed E-state index contributed by atoms with van der Waals surface area (Å²) >= 11 is 0. The molecule has 2 rings (SSSR count). The van der Waals surface area contributed by atoms with Crippen LogP contribution in [-0.2, 0) is 9.47 Å². The zero-order chi connectivity index (χ0) is 13.9. The van der Waals surface area contributed by atoms with E-state index in [0.29, 0.717) is 0 Å². The van der Waals surface area contributed by atoms with E-state index in [-0.39, 0.29) is 10.4 Å². The molecule has 0 amide bonds. The fraction of sp³-hybridized carbons (Fsp3) is 0.867. The lowest BCUT2D eigenvalue weighted by Crippen LogP contribution is -2.71. The van der Waals surface area contributed by atoms with E-state index in [1.54, 1.807) is 0 Å². The smallest absolute Gasteiger partial charge is 0.0985 e. The molecule has 0 aromatic rings. The summed E-state index contributed by atoms with van der Waals surface area (Å²) in [7, 11) is -2.10. The van der Waals surface area contributed by atoms with E-state index < -0.39 is 17.6 Å². The molecule has 0 saturated carbocycles. The SMILES string of the molecule is C=C[SiH](C)[C@@]1(C2([SiH](C)C)CCCCO2)CCCCO1. The minimum atomic E-state index is -1.14. The van der Waals surface area contributed by atoms with Gasteiger partial charge in [-0.05, 0) is 38.5 Å². The largest absolute Gasteiger partial charge is 0.376 e. The molecule has 110 valence electrons. The Bertz CT molecular complexity index is 305. The highest BCUT2D eigenvalue weighted by atomic mass is 28.3. The second-order valence-electron chi connectivity index (χ2n) is 6.57. The van der Waals surface area contributed by atoms with Crippen LogP contribution in [0.25, 0.3) is 0 Å². The number of hydrogen-bond acceptors (Lipinski definition) is 2. The standard InChI is InChI=1S/C15H30O2Si2/c1-5-19(4)15(11-7-9-13-17-15)14(18(2)3)10-6-8-12-16-14/h5,18-19H,1,6-13H2,2-4H3/t14?,15-,19?/m1/s1. The summed E-state index contributed by atoms with van der Waals surface area (Å²) in [5.74, 6) is 0. The molecular weight excluding hydrogens is 268 g/mol. The minimum absolute atomic E-state index is 0.0355. The van der Waals surface area contributed by atoms with Crippen molar-refractivity contribution in [3.8, 4) is 0 Å². The van der Waals surface area contributed by atoms with E-state index in [2.05, 4.69) is 31.9 Å². The molecule has 2 aliphatic rings. The Morgan fingerprint density at radius 1 is 0.895 bits per heavy atom. The molecule has 2 aliphatic heterocycles.